The van der Waals surface area contributed by atoms with E-state index in [1.54, 1.807) is 0 Å². The third-order valence-electron chi connectivity index (χ3n) is 2.48. The Morgan fingerprint density at radius 1 is 1.35 bits per heavy atom. The molecule has 0 saturated carbocycles. The predicted octanol–water partition coefficient (Wildman–Crippen LogP) is 0.714. The second kappa shape index (κ2) is 6.38. The van der Waals surface area contributed by atoms with Crippen molar-refractivity contribution in [2.75, 3.05) is 24.2 Å². The van der Waals surface area contributed by atoms with Gasteiger partial charge in [-0.15, -0.1) is 0 Å². The average Bonchev–Trinajstić information content (AvgIpc) is 2.36. The Morgan fingerprint density at radius 2 is 2.00 bits per heavy atom. The van der Waals surface area contributed by atoms with E-state index in [-0.39, 0.29) is 24.2 Å². The molecule has 0 bridgehead atoms. The Kier molecular flexibility index (Phi) is 5.09. The van der Waals surface area contributed by atoms with Crippen molar-refractivity contribution < 1.29 is 27.9 Å². The van der Waals surface area contributed by atoms with Crippen LogP contribution in [0.4, 0.5) is 5.69 Å². The summed E-state index contributed by atoms with van der Waals surface area (Å²) >= 11 is 0. The highest BCUT2D eigenvalue weighted by atomic mass is 32.2. The number of ether oxygens (including phenoxy) is 1. The van der Waals surface area contributed by atoms with Crippen molar-refractivity contribution in [3.05, 3.63) is 29.8 Å². The number of anilines is 1. The van der Waals surface area contributed by atoms with Crippen LogP contribution >= 0.6 is 0 Å². The van der Waals surface area contributed by atoms with Crippen molar-refractivity contribution in [1.82, 2.24) is 0 Å². The number of carbonyl (C=O) groups is 2. The third kappa shape index (κ3) is 4.23. The summed E-state index contributed by atoms with van der Waals surface area (Å²) in [4.78, 5) is 22.0. The molecule has 20 heavy (non-hydrogen) atoms. The smallest absolute Gasteiger partial charge is 0.337 e. The van der Waals surface area contributed by atoms with Crippen molar-refractivity contribution in [2.24, 2.45) is 0 Å². The monoisotopic (exact) mass is 301 g/mol. The second-order valence-corrected chi connectivity index (χ2v) is 5.93. The quantitative estimate of drug-likeness (QED) is 0.777. The van der Waals surface area contributed by atoms with Gasteiger partial charge >= 0.3 is 11.9 Å². The average molecular weight is 301 g/mol. The minimum atomic E-state index is -3.64. The number of hydrogen-bond donors (Lipinski definition) is 1. The number of hydrogen-bond acceptors (Lipinski definition) is 5. The van der Waals surface area contributed by atoms with Crippen LogP contribution in [0.5, 0.6) is 0 Å². The van der Waals surface area contributed by atoms with Crippen LogP contribution in [0.25, 0.3) is 0 Å². The van der Waals surface area contributed by atoms with E-state index < -0.39 is 22.0 Å². The summed E-state index contributed by atoms with van der Waals surface area (Å²) in [5, 5.41) is 8.66. The normalized spacial score (nSPS) is 10.9. The van der Waals surface area contributed by atoms with E-state index in [9.17, 15) is 18.0 Å². The highest BCUT2D eigenvalue weighted by molar-refractivity contribution is 7.92. The number of nitrogens with zero attached hydrogens (tertiary/aromatic N) is 1. The topological polar surface area (TPSA) is 101 Å². The molecular weight excluding hydrogens is 286 g/mol. The summed E-state index contributed by atoms with van der Waals surface area (Å²) in [6.07, 6.45) is 0.634. The SMILES string of the molecule is COC(=O)c1cccc(N(CCC(=O)O)S(C)(=O)=O)c1. The molecule has 1 aromatic carbocycles. The van der Waals surface area contributed by atoms with E-state index in [1.807, 2.05) is 0 Å². The van der Waals surface area contributed by atoms with Crippen molar-refractivity contribution in [3.8, 4) is 0 Å². The van der Waals surface area contributed by atoms with Gasteiger partial charge in [0.15, 0.2) is 0 Å². The number of carboxylic acid groups (broad SMARTS) is 1. The molecule has 1 N–H and O–H groups in total. The van der Waals surface area contributed by atoms with Crippen molar-refractivity contribution in [1.29, 1.82) is 0 Å². The fraction of sp³-hybridized carbons (Fsp3) is 0.333. The number of methoxy groups -OCH3 is 1. The summed E-state index contributed by atoms with van der Waals surface area (Å²) in [5.41, 5.74) is 0.408. The summed E-state index contributed by atoms with van der Waals surface area (Å²) in [5.74, 6) is -1.71. The first kappa shape index (κ1) is 16.0. The lowest BCUT2D eigenvalue weighted by Gasteiger charge is -2.21. The Hall–Kier alpha value is -2.09. The van der Waals surface area contributed by atoms with E-state index >= 15 is 0 Å². The van der Waals surface area contributed by atoms with E-state index in [0.29, 0.717) is 0 Å². The Bertz CT molecular complexity index is 610. The Labute approximate surface area is 116 Å². The fourth-order valence-corrected chi connectivity index (χ4v) is 2.51. The molecule has 0 aromatic heterocycles. The van der Waals surface area contributed by atoms with Crippen LogP contribution in [-0.2, 0) is 19.6 Å². The highest BCUT2D eigenvalue weighted by Crippen LogP contribution is 2.20. The molecule has 0 radical (unpaired) electrons. The molecule has 1 rings (SSSR count). The fourth-order valence-electron chi connectivity index (χ4n) is 1.59. The van der Waals surface area contributed by atoms with Gasteiger partial charge in [0.2, 0.25) is 10.0 Å². The molecule has 7 nitrogen and oxygen atoms in total. The van der Waals surface area contributed by atoms with Crippen LogP contribution in [0.3, 0.4) is 0 Å². The van der Waals surface area contributed by atoms with Crippen LogP contribution in [0, 0.1) is 0 Å². The van der Waals surface area contributed by atoms with Crippen molar-refractivity contribution in [3.63, 3.8) is 0 Å². The standard InChI is InChI=1S/C12H15NO6S/c1-19-12(16)9-4-3-5-10(8-9)13(20(2,17)18)7-6-11(14)15/h3-5,8H,6-7H2,1-2H3,(H,14,15). The van der Waals surface area contributed by atoms with Gasteiger partial charge in [-0.1, -0.05) is 6.07 Å². The maximum atomic E-state index is 11.7. The van der Waals surface area contributed by atoms with Crippen molar-refractivity contribution >= 4 is 27.6 Å². The molecule has 0 aliphatic rings. The molecule has 0 aliphatic heterocycles. The summed E-state index contributed by atoms with van der Waals surface area (Å²) < 4.78 is 28.9. The van der Waals surface area contributed by atoms with Crippen LogP contribution in [-0.4, -0.2) is 45.4 Å². The van der Waals surface area contributed by atoms with Gasteiger partial charge < -0.3 is 9.84 Å². The molecule has 0 spiro atoms. The largest absolute Gasteiger partial charge is 0.481 e. The van der Waals surface area contributed by atoms with Gasteiger partial charge in [0.25, 0.3) is 0 Å². The highest BCUT2D eigenvalue weighted by Gasteiger charge is 2.19. The zero-order chi connectivity index (χ0) is 15.3. The molecule has 0 atom stereocenters. The first-order valence-corrected chi connectivity index (χ1v) is 7.48. The maximum Gasteiger partial charge on any atom is 0.337 e. The molecule has 0 amide bonds. The number of sulfonamides is 1. The zero-order valence-corrected chi connectivity index (χ0v) is 11.9. The molecular formula is C12H15NO6S. The molecule has 8 heteroatoms. The molecule has 0 aliphatic carbocycles. The molecule has 110 valence electrons. The minimum Gasteiger partial charge on any atom is -0.481 e. The zero-order valence-electron chi connectivity index (χ0n) is 11.1. The number of carbonyl (C=O) groups excluding carboxylic acids is 1. The summed E-state index contributed by atoms with van der Waals surface area (Å²) in [7, 11) is -2.43. The first-order valence-electron chi connectivity index (χ1n) is 5.63. The number of rotatable bonds is 6. The molecule has 0 heterocycles. The van der Waals surface area contributed by atoms with Crippen molar-refractivity contribution in [2.45, 2.75) is 6.42 Å². The number of carboxylic acids is 1. The van der Waals surface area contributed by atoms with E-state index in [2.05, 4.69) is 4.74 Å². The van der Waals surface area contributed by atoms with Gasteiger partial charge in [-0.05, 0) is 18.2 Å². The van der Waals surface area contributed by atoms with E-state index in [4.69, 9.17) is 5.11 Å². The van der Waals surface area contributed by atoms with E-state index in [1.165, 1.54) is 31.4 Å². The molecule has 1 aromatic rings. The summed E-state index contributed by atoms with van der Waals surface area (Å²) in [6, 6.07) is 5.80. The predicted molar refractivity (Wildman–Crippen MR) is 72.2 cm³/mol. The van der Waals surface area contributed by atoms with Gasteiger partial charge in [0.05, 0.1) is 31.0 Å². The van der Waals surface area contributed by atoms with E-state index in [0.717, 1.165) is 10.6 Å². The van der Waals surface area contributed by atoms with Gasteiger partial charge in [0.1, 0.15) is 0 Å². The lowest BCUT2D eigenvalue weighted by molar-refractivity contribution is -0.136. The number of esters is 1. The number of aliphatic carboxylic acids is 1. The summed E-state index contributed by atoms with van der Waals surface area (Å²) in [6.45, 7) is -0.210. The van der Waals surface area contributed by atoms with Crippen LogP contribution in [0.1, 0.15) is 16.8 Å². The molecule has 0 saturated heterocycles. The Balaban J connectivity index is 3.14. The second-order valence-electron chi connectivity index (χ2n) is 4.02. The maximum absolute atomic E-state index is 11.7. The van der Waals surface area contributed by atoms with Gasteiger partial charge in [-0.3, -0.25) is 9.10 Å². The Morgan fingerprint density at radius 3 is 2.50 bits per heavy atom. The van der Waals surface area contributed by atoms with Gasteiger partial charge in [-0.2, -0.15) is 0 Å². The first-order chi connectivity index (χ1) is 9.25. The lowest BCUT2D eigenvalue weighted by atomic mass is 10.2. The van der Waals surface area contributed by atoms with Crippen LogP contribution < -0.4 is 4.31 Å². The van der Waals surface area contributed by atoms with Gasteiger partial charge in [0, 0.05) is 6.54 Å². The van der Waals surface area contributed by atoms with Crippen LogP contribution in [0.2, 0.25) is 0 Å². The van der Waals surface area contributed by atoms with Gasteiger partial charge in [-0.25, -0.2) is 13.2 Å². The minimum absolute atomic E-state index is 0.189. The molecule has 0 unspecified atom stereocenters. The third-order valence-corrected chi connectivity index (χ3v) is 3.68. The lowest BCUT2D eigenvalue weighted by Crippen LogP contribution is -2.32. The number of benzene rings is 1. The molecule has 0 fully saturated rings. The van der Waals surface area contributed by atoms with Crippen LogP contribution in [0.15, 0.2) is 24.3 Å².